The number of aromatic nitrogens is 2. The van der Waals surface area contributed by atoms with Crippen LogP contribution >= 0.6 is 11.3 Å². The van der Waals surface area contributed by atoms with Crippen molar-refractivity contribution in [3.63, 3.8) is 0 Å². The smallest absolute Gasteiger partial charge is 0.387 e. The number of hydrogen-bond acceptors (Lipinski definition) is 7. The summed E-state index contributed by atoms with van der Waals surface area (Å²) in [5.41, 5.74) is 0.190. The predicted octanol–water partition coefficient (Wildman–Crippen LogP) is 6.63. The summed E-state index contributed by atoms with van der Waals surface area (Å²) in [5, 5.41) is 7.84. The Hall–Kier alpha value is -3.93. The molecular weight excluding hydrogens is 545 g/mol. The monoisotopic (exact) mass is 570 g/mol. The van der Waals surface area contributed by atoms with Gasteiger partial charge in [0.2, 0.25) is 0 Å². The zero-order chi connectivity index (χ0) is 27.9. The fourth-order valence-electron chi connectivity index (χ4n) is 4.90. The second-order valence-electron chi connectivity index (χ2n) is 9.99. The molecule has 8 nitrogen and oxygen atoms in total. The molecule has 2 aromatic carbocycles. The maximum absolute atomic E-state index is 13.9. The molecule has 6 rings (SSSR count). The van der Waals surface area contributed by atoms with E-state index in [9.17, 15) is 22.8 Å². The number of ether oxygens (including phenoxy) is 1. The van der Waals surface area contributed by atoms with Crippen LogP contribution in [0.5, 0.6) is 5.88 Å². The topological polar surface area (TPSA) is 97.6 Å². The molecule has 2 aliphatic rings. The third-order valence-electron chi connectivity index (χ3n) is 7.13. The van der Waals surface area contributed by atoms with Crippen molar-refractivity contribution in [3.05, 3.63) is 64.8 Å². The van der Waals surface area contributed by atoms with Gasteiger partial charge in [0.1, 0.15) is 5.69 Å². The number of halogens is 3. The molecule has 4 aromatic rings. The Labute approximate surface area is 231 Å². The lowest BCUT2D eigenvalue weighted by molar-refractivity contribution is -0.137. The minimum atomic E-state index is -4.50. The number of piperidine rings is 1. The number of carbonyl (C=O) groups is 2. The van der Waals surface area contributed by atoms with Crippen LogP contribution in [0.1, 0.15) is 59.1 Å². The Balaban J connectivity index is 1.21. The zero-order valence-electron chi connectivity index (χ0n) is 21.2. The van der Waals surface area contributed by atoms with Gasteiger partial charge in [0.15, 0.2) is 5.58 Å². The molecule has 0 bridgehead atoms. The molecule has 1 saturated carbocycles. The molecule has 2 fully saturated rings. The van der Waals surface area contributed by atoms with Gasteiger partial charge in [-0.2, -0.15) is 13.2 Å². The molecule has 2 amide bonds. The standard InChI is InChI=1S/C28H25F3N4O4S/c29-28(30,31)18-7-5-6-17(14-18)23-22(33-25(40-23)16-11-12-16)26(36)35-13-4-3-8-19(35)15-32-27(37)38-24-20-9-1-2-10-21(20)39-34-24/h1-2,5-7,9-10,14,16,19H,3-4,8,11-13,15H2,(H,32,37)/t19-/m0/s1. The van der Waals surface area contributed by atoms with Crippen molar-refractivity contribution < 1.29 is 32.0 Å². The molecule has 1 N–H and O–H groups in total. The van der Waals surface area contributed by atoms with Gasteiger partial charge in [-0.3, -0.25) is 4.79 Å². The van der Waals surface area contributed by atoms with E-state index < -0.39 is 17.8 Å². The summed E-state index contributed by atoms with van der Waals surface area (Å²) in [6.45, 7) is 0.589. The van der Waals surface area contributed by atoms with Crippen LogP contribution in [-0.2, 0) is 6.18 Å². The van der Waals surface area contributed by atoms with Crippen molar-refractivity contribution in [1.29, 1.82) is 0 Å². The summed E-state index contributed by atoms with van der Waals surface area (Å²) < 4.78 is 50.8. The summed E-state index contributed by atoms with van der Waals surface area (Å²) in [4.78, 5) is 33.2. The molecule has 208 valence electrons. The fourth-order valence-corrected chi connectivity index (χ4v) is 6.12. The number of hydrogen-bond donors (Lipinski definition) is 1. The number of carbonyl (C=O) groups excluding carboxylic acids is 2. The molecule has 2 aromatic heterocycles. The largest absolute Gasteiger partial charge is 0.416 e. The molecule has 1 atom stereocenters. The molecule has 1 saturated heterocycles. The summed E-state index contributed by atoms with van der Waals surface area (Å²) in [5.74, 6) is -0.0688. The Morgan fingerprint density at radius 3 is 2.73 bits per heavy atom. The first-order valence-corrected chi connectivity index (χ1v) is 13.9. The third-order valence-corrected chi connectivity index (χ3v) is 8.40. The predicted molar refractivity (Wildman–Crippen MR) is 141 cm³/mol. The maximum Gasteiger partial charge on any atom is 0.416 e. The lowest BCUT2D eigenvalue weighted by atomic mass is 10.0. The van der Waals surface area contributed by atoms with Crippen LogP contribution in [0.25, 0.3) is 21.4 Å². The number of nitrogens with zero attached hydrogens (tertiary/aromatic N) is 3. The van der Waals surface area contributed by atoms with Crippen molar-refractivity contribution in [2.75, 3.05) is 13.1 Å². The number of rotatable bonds is 6. The summed E-state index contributed by atoms with van der Waals surface area (Å²) in [6.07, 6.45) is -1.05. The number of alkyl halides is 3. The second kappa shape index (κ2) is 10.6. The second-order valence-corrected chi connectivity index (χ2v) is 11.0. The van der Waals surface area contributed by atoms with Gasteiger partial charge in [0.05, 0.1) is 20.8 Å². The van der Waals surface area contributed by atoms with E-state index in [1.54, 1.807) is 35.2 Å². The summed E-state index contributed by atoms with van der Waals surface area (Å²) >= 11 is 1.29. The number of likely N-dealkylation sites (tertiary alicyclic amines) is 1. The van der Waals surface area contributed by atoms with E-state index in [0.29, 0.717) is 34.4 Å². The van der Waals surface area contributed by atoms with Gasteiger partial charge in [-0.15, -0.1) is 11.3 Å². The summed E-state index contributed by atoms with van der Waals surface area (Å²) in [7, 11) is 0. The Bertz CT molecular complexity index is 1560. The van der Waals surface area contributed by atoms with Crippen molar-refractivity contribution in [2.24, 2.45) is 0 Å². The molecule has 12 heteroatoms. The molecule has 3 heterocycles. The van der Waals surface area contributed by atoms with Gasteiger partial charge in [-0.05, 0) is 67.1 Å². The van der Waals surface area contributed by atoms with Crippen molar-refractivity contribution in [1.82, 2.24) is 20.4 Å². The summed E-state index contributed by atoms with van der Waals surface area (Å²) in [6, 6.07) is 11.7. The van der Waals surface area contributed by atoms with E-state index in [2.05, 4.69) is 15.5 Å². The van der Waals surface area contributed by atoms with Crippen molar-refractivity contribution >= 4 is 34.3 Å². The van der Waals surface area contributed by atoms with E-state index >= 15 is 0 Å². The van der Waals surface area contributed by atoms with Gasteiger partial charge in [-0.1, -0.05) is 24.3 Å². The molecule has 40 heavy (non-hydrogen) atoms. The van der Waals surface area contributed by atoms with Crippen LogP contribution in [0.2, 0.25) is 0 Å². The van der Waals surface area contributed by atoms with E-state index in [4.69, 9.17) is 9.26 Å². The van der Waals surface area contributed by atoms with E-state index in [-0.39, 0.29) is 36.0 Å². The number of fused-ring (bicyclic) bond motifs is 1. The number of nitrogens with one attached hydrogen (secondary N) is 1. The van der Waals surface area contributed by atoms with Gasteiger partial charge in [0.25, 0.3) is 11.8 Å². The average Bonchev–Trinajstić information content (AvgIpc) is 3.59. The van der Waals surface area contributed by atoms with Gasteiger partial charge in [0, 0.05) is 25.0 Å². The molecular formula is C28H25F3N4O4S. The highest BCUT2D eigenvalue weighted by atomic mass is 32.1. The minimum absolute atomic E-state index is 0.0467. The van der Waals surface area contributed by atoms with Gasteiger partial charge < -0.3 is 19.5 Å². The van der Waals surface area contributed by atoms with Crippen molar-refractivity contribution in [2.45, 2.75) is 50.2 Å². The minimum Gasteiger partial charge on any atom is -0.387 e. The maximum atomic E-state index is 13.9. The lowest BCUT2D eigenvalue weighted by Crippen LogP contribution is -2.50. The quantitative estimate of drug-likeness (QED) is 0.280. The number of para-hydroxylation sites is 1. The van der Waals surface area contributed by atoms with Crippen LogP contribution in [0.4, 0.5) is 18.0 Å². The van der Waals surface area contributed by atoms with Gasteiger partial charge >= 0.3 is 12.3 Å². The first-order valence-electron chi connectivity index (χ1n) is 13.1. The highest BCUT2D eigenvalue weighted by Crippen LogP contribution is 2.45. The van der Waals surface area contributed by atoms with Crippen LogP contribution in [0.3, 0.4) is 0 Å². The molecule has 1 aliphatic carbocycles. The number of benzene rings is 2. The average molecular weight is 571 g/mol. The highest BCUT2D eigenvalue weighted by molar-refractivity contribution is 7.15. The number of amides is 2. The van der Waals surface area contributed by atoms with Crippen LogP contribution < -0.4 is 10.1 Å². The molecule has 1 aliphatic heterocycles. The SMILES string of the molecule is O=C(NC[C@@H]1CCCCN1C(=O)c1nc(C2CC2)sc1-c1cccc(C(F)(F)F)c1)Oc1noc2ccccc12. The highest BCUT2D eigenvalue weighted by Gasteiger charge is 2.36. The normalized spacial score (nSPS) is 17.7. The van der Waals surface area contributed by atoms with Crippen LogP contribution in [0, 0.1) is 0 Å². The first-order chi connectivity index (χ1) is 19.3. The van der Waals surface area contributed by atoms with E-state index in [1.165, 1.54) is 17.4 Å². The fraction of sp³-hybridized carbons (Fsp3) is 0.357. The van der Waals surface area contributed by atoms with Crippen LogP contribution in [-0.4, -0.2) is 46.2 Å². The molecule has 0 radical (unpaired) electrons. The zero-order valence-corrected chi connectivity index (χ0v) is 22.1. The molecule has 0 spiro atoms. The Kier molecular flexibility index (Phi) is 6.95. The first kappa shape index (κ1) is 26.3. The lowest BCUT2D eigenvalue weighted by Gasteiger charge is -2.35. The molecule has 0 unspecified atom stereocenters. The van der Waals surface area contributed by atoms with E-state index in [1.807, 2.05) is 0 Å². The third kappa shape index (κ3) is 5.40. The Morgan fingerprint density at radius 2 is 1.93 bits per heavy atom. The van der Waals surface area contributed by atoms with Gasteiger partial charge in [-0.25, -0.2) is 9.78 Å². The van der Waals surface area contributed by atoms with Crippen molar-refractivity contribution in [3.8, 4) is 16.3 Å². The van der Waals surface area contributed by atoms with E-state index in [0.717, 1.165) is 42.8 Å². The van der Waals surface area contributed by atoms with Crippen LogP contribution in [0.15, 0.2) is 53.1 Å². The number of thiazole rings is 1. The Morgan fingerprint density at radius 1 is 1.10 bits per heavy atom.